The van der Waals surface area contributed by atoms with Crippen LogP contribution in [0.25, 0.3) is 0 Å². The molecule has 1 saturated heterocycles. The third-order valence-electron chi connectivity index (χ3n) is 3.87. The number of nitrogens with zero attached hydrogens (tertiary/aromatic N) is 4. The molecule has 3 rings (SSSR count). The first kappa shape index (κ1) is 14.5. The second-order valence-corrected chi connectivity index (χ2v) is 5.30. The summed E-state index contributed by atoms with van der Waals surface area (Å²) in [5.74, 6) is 0.455. The van der Waals surface area contributed by atoms with Gasteiger partial charge in [-0.1, -0.05) is 35.5 Å². The zero-order chi connectivity index (χ0) is 15.5. The summed E-state index contributed by atoms with van der Waals surface area (Å²) in [5.41, 5.74) is 1.36. The largest absolute Gasteiger partial charge is 0.378 e. The van der Waals surface area contributed by atoms with Crippen LogP contribution in [0.4, 0.5) is 5.82 Å². The summed E-state index contributed by atoms with van der Waals surface area (Å²) >= 11 is 0. The van der Waals surface area contributed by atoms with Gasteiger partial charge in [-0.3, -0.25) is 4.79 Å². The van der Waals surface area contributed by atoms with Crippen LogP contribution in [-0.4, -0.2) is 52.4 Å². The number of piperazine rings is 1. The average Bonchev–Trinajstić information content (AvgIpc) is 3.00. The Labute approximate surface area is 128 Å². The predicted octanol–water partition coefficient (Wildman–Crippen LogP) is 0.760. The van der Waals surface area contributed by atoms with E-state index in [2.05, 4.69) is 10.3 Å². The molecule has 1 atom stereocenters. The molecule has 1 fully saturated rings. The fourth-order valence-corrected chi connectivity index (χ4v) is 2.60. The van der Waals surface area contributed by atoms with E-state index in [0.29, 0.717) is 31.7 Å². The maximum atomic E-state index is 12.4. The number of carbonyl (C=O) groups is 1. The number of aliphatic hydroxyl groups is 1. The van der Waals surface area contributed by atoms with Gasteiger partial charge in [0, 0.05) is 26.2 Å². The lowest BCUT2D eigenvalue weighted by Crippen LogP contribution is -2.50. The van der Waals surface area contributed by atoms with Crippen molar-refractivity contribution in [3.8, 4) is 0 Å². The highest BCUT2D eigenvalue weighted by Gasteiger charge is 2.28. The molecule has 1 amide bonds. The van der Waals surface area contributed by atoms with Gasteiger partial charge in [0.1, 0.15) is 5.69 Å². The van der Waals surface area contributed by atoms with E-state index in [9.17, 15) is 9.90 Å². The minimum Gasteiger partial charge on any atom is -0.378 e. The zero-order valence-electron chi connectivity index (χ0n) is 12.3. The van der Waals surface area contributed by atoms with Crippen LogP contribution in [0.3, 0.4) is 0 Å². The third-order valence-corrected chi connectivity index (χ3v) is 3.87. The van der Waals surface area contributed by atoms with Gasteiger partial charge in [-0.2, -0.15) is 0 Å². The second kappa shape index (κ2) is 6.15. The van der Waals surface area contributed by atoms with Crippen molar-refractivity contribution in [2.75, 3.05) is 31.1 Å². The van der Waals surface area contributed by atoms with Gasteiger partial charge in [0.2, 0.25) is 0 Å². The summed E-state index contributed by atoms with van der Waals surface area (Å²) in [6, 6.07) is 8.98. The summed E-state index contributed by atoms with van der Waals surface area (Å²) in [7, 11) is 0. The predicted molar refractivity (Wildman–Crippen MR) is 79.2 cm³/mol. The molecule has 1 aliphatic rings. The number of amides is 1. The summed E-state index contributed by atoms with van der Waals surface area (Å²) in [6.07, 6.45) is -1.11. The molecule has 7 heteroatoms. The van der Waals surface area contributed by atoms with E-state index >= 15 is 0 Å². The topological polar surface area (TPSA) is 82.7 Å². The third kappa shape index (κ3) is 2.80. The van der Waals surface area contributed by atoms with Crippen LogP contribution in [0.5, 0.6) is 0 Å². The number of rotatable bonds is 3. The maximum absolute atomic E-state index is 12.4. The van der Waals surface area contributed by atoms with E-state index in [1.807, 2.05) is 30.0 Å². The zero-order valence-corrected chi connectivity index (χ0v) is 12.3. The Morgan fingerprint density at radius 1 is 1.18 bits per heavy atom. The second-order valence-electron chi connectivity index (χ2n) is 5.30. The fourth-order valence-electron chi connectivity index (χ4n) is 2.60. The van der Waals surface area contributed by atoms with Gasteiger partial charge in [0.05, 0.1) is 0 Å². The van der Waals surface area contributed by atoms with Crippen molar-refractivity contribution in [2.24, 2.45) is 0 Å². The number of benzene rings is 1. The van der Waals surface area contributed by atoms with Crippen LogP contribution in [0.15, 0.2) is 35.0 Å². The summed E-state index contributed by atoms with van der Waals surface area (Å²) in [6.45, 7) is 4.19. The summed E-state index contributed by atoms with van der Waals surface area (Å²) in [4.78, 5) is 16.1. The number of anilines is 1. The molecule has 0 aliphatic carbocycles. The maximum Gasteiger partial charge on any atom is 0.256 e. The molecule has 2 aromatic rings. The summed E-state index contributed by atoms with van der Waals surface area (Å²) in [5, 5.41) is 17.8. The van der Waals surface area contributed by atoms with E-state index < -0.39 is 6.10 Å². The minimum absolute atomic E-state index is 0.263. The molecule has 22 heavy (non-hydrogen) atoms. The van der Waals surface area contributed by atoms with Crippen LogP contribution in [0.2, 0.25) is 0 Å². The normalized spacial score (nSPS) is 16.6. The van der Waals surface area contributed by atoms with Crippen molar-refractivity contribution in [2.45, 2.75) is 13.0 Å². The lowest BCUT2D eigenvalue weighted by Gasteiger charge is -2.35. The average molecular weight is 302 g/mol. The first-order valence-electron chi connectivity index (χ1n) is 7.22. The number of aryl methyl sites for hydroxylation is 1. The standard InChI is InChI=1S/C15H18N4O3/c1-11-14(17-22-16-11)18-7-9-19(10-8-18)15(21)13(20)12-5-3-2-4-6-12/h2-6,13,20H,7-10H2,1H3/t13-/m1/s1. The molecule has 0 spiro atoms. The van der Waals surface area contributed by atoms with Gasteiger partial charge in [-0.05, 0) is 17.6 Å². The molecule has 0 bridgehead atoms. The molecule has 2 heterocycles. The van der Waals surface area contributed by atoms with Crippen molar-refractivity contribution in [1.29, 1.82) is 0 Å². The van der Waals surface area contributed by atoms with Gasteiger partial charge < -0.3 is 14.9 Å². The van der Waals surface area contributed by atoms with Gasteiger partial charge in [-0.25, -0.2) is 4.63 Å². The first-order valence-corrected chi connectivity index (χ1v) is 7.22. The summed E-state index contributed by atoms with van der Waals surface area (Å²) < 4.78 is 4.71. The van der Waals surface area contributed by atoms with Crippen molar-refractivity contribution < 1.29 is 14.5 Å². The molecule has 1 N–H and O–H groups in total. The van der Waals surface area contributed by atoms with Crippen molar-refractivity contribution in [3.05, 3.63) is 41.6 Å². The Kier molecular flexibility index (Phi) is 4.06. The van der Waals surface area contributed by atoms with Gasteiger partial charge in [0.25, 0.3) is 5.91 Å². The van der Waals surface area contributed by atoms with Gasteiger partial charge in [-0.15, -0.1) is 0 Å². The molecular formula is C15H18N4O3. The highest BCUT2D eigenvalue weighted by atomic mass is 16.6. The van der Waals surface area contributed by atoms with E-state index in [4.69, 9.17) is 4.63 Å². The van der Waals surface area contributed by atoms with Gasteiger partial charge in [0.15, 0.2) is 11.9 Å². The fraction of sp³-hybridized carbons (Fsp3) is 0.400. The minimum atomic E-state index is -1.11. The quantitative estimate of drug-likeness (QED) is 0.901. The number of carbonyl (C=O) groups excluding carboxylic acids is 1. The van der Waals surface area contributed by atoms with E-state index in [1.54, 1.807) is 17.0 Å². The van der Waals surface area contributed by atoms with E-state index in [0.717, 1.165) is 11.5 Å². The van der Waals surface area contributed by atoms with Crippen molar-refractivity contribution in [3.63, 3.8) is 0 Å². The number of hydrogen-bond acceptors (Lipinski definition) is 6. The first-order chi connectivity index (χ1) is 10.7. The van der Waals surface area contributed by atoms with Crippen molar-refractivity contribution >= 4 is 11.7 Å². The van der Waals surface area contributed by atoms with Crippen molar-refractivity contribution in [1.82, 2.24) is 15.2 Å². The van der Waals surface area contributed by atoms with Crippen LogP contribution in [0, 0.1) is 6.92 Å². The van der Waals surface area contributed by atoms with Crippen LogP contribution < -0.4 is 4.90 Å². The molecule has 0 saturated carbocycles. The molecule has 0 unspecified atom stereocenters. The highest BCUT2D eigenvalue weighted by Crippen LogP contribution is 2.20. The number of hydrogen-bond donors (Lipinski definition) is 1. The molecule has 1 aromatic heterocycles. The Morgan fingerprint density at radius 2 is 1.86 bits per heavy atom. The molecule has 1 aliphatic heterocycles. The van der Waals surface area contributed by atoms with E-state index in [-0.39, 0.29) is 5.91 Å². The Bertz CT molecular complexity index is 635. The molecule has 0 radical (unpaired) electrons. The molecule has 116 valence electrons. The van der Waals surface area contributed by atoms with E-state index in [1.165, 1.54) is 0 Å². The molecular weight excluding hydrogens is 284 g/mol. The van der Waals surface area contributed by atoms with Crippen LogP contribution in [-0.2, 0) is 4.79 Å². The monoisotopic (exact) mass is 302 g/mol. The number of aromatic nitrogens is 2. The SMILES string of the molecule is Cc1nonc1N1CCN(C(=O)[C@H](O)c2ccccc2)CC1. The Balaban J connectivity index is 1.61. The van der Waals surface area contributed by atoms with Gasteiger partial charge >= 0.3 is 0 Å². The number of aliphatic hydroxyl groups excluding tert-OH is 1. The Hall–Kier alpha value is -2.41. The lowest BCUT2D eigenvalue weighted by atomic mass is 10.1. The van der Waals surface area contributed by atoms with Crippen LogP contribution >= 0.6 is 0 Å². The smallest absolute Gasteiger partial charge is 0.256 e. The molecule has 1 aromatic carbocycles. The molecule has 7 nitrogen and oxygen atoms in total. The Morgan fingerprint density at radius 3 is 2.45 bits per heavy atom. The van der Waals surface area contributed by atoms with Crippen LogP contribution in [0.1, 0.15) is 17.4 Å². The highest BCUT2D eigenvalue weighted by molar-refractivity contribution is 5.82. The lowest BCUT2D eigenvalue weighted by molar-refractivity contribution is -0.140.